The highest BCUT2D eigenvalue weighted by atomic mass is 32.2. The molecule has 0 aliphatic heterocycles. The van der Waals surface area contributed by atoms with Crippen LogP contribution in [0.3, 0.4) is 0 Å². The van der Waals surface area contributed by atoms with E-state index in [0.29, 0.717) is 11.6 Å². The molecule has 1 heterocycles. The summed E-state index contributed by atoms with van der Waals surface area (Å²) >= 11 is 0. The van der Waals surface area contributed by atoms with Gasteiger partial charge in [0.05, 0.1) is 35.5 Å². The summed E-state index contributed by atoms with van der Waals surface area (Å²) in [6.07, 6.45) is 3.67. The molecule has 35 heavy (non-hydrogen) atoms. The number of amides is 2. The fourth-order valence-electron chi connectivity index (χ4n) is 3.48. The van der Waals surface area contributed by atoms with Gasteiger partial charge in [0.15, 0.2) is 0 Å². The highest BCUT2D eigenvalue weighted by Crippen LogP contribution is 2.49. The van der Waals surface area contributed by atoms with Gasteiger partial charge in [-0.25, -0.2) is 27.7 Å². The number of carbonyl (C=O) groups is 2. The minimum absolute atomic E-state index is 0.0183. The number of hydroxylamine groups is 1. The molecule has 0 saturated heterocycles. The Morgan fingerprint density at radius 1 is 1.17 bits per heavy atom. The van der Waals surface area contributed by atoms with Crippen LogP contribution in [0.4, 0.5) is 31.7 Å². The fraction of sp³-hybridized carbons (Fsp3) is 0.409. The zero-order valence-corrected chi connectivity index (χ0v) is 19.8. The third kappa shape index (κ3) is 6.22. The first kappa shape index (κ1) is 24.8. The Morgan fingerprint density at radius 3 is 2.49 bits per heavy atom. The van der Waals surface area contributed by atoms with Crippen molar-refractivity contribution in [3.8, 4) is 0 Å². The summed E-state index contributed by atoms with van der Waals surface area (Å²) in [4.78, 5) is 33.7. The first-order valence-electron chi connectivity index (χ1n) is 11.0. The van der Waals surface area contributed by atoms with Crippen molar-refractivity contribution < 1.29 is 31.6 Å². The lowest BCUT2D eigenvalue weighted by Crippen LogP contribution is -2.25. The molecule has 1 atom stereocenters. The maximum Gasteiger partial charge on any atom is 0.278 e. The van der Waals surface area contributed by atoms with Gasteiger partial charge < -0.3 is 10.6 Å². The summed E-state index contributed by atoms with van der Waals surface area (Å²) in [7, 11) is -3.62. The maximum absolute atomic E-state index is 13.3. The third-order valence-corrected chi connectivity index (χ3v) is 6.10. The Hall–Kier alpha value is -3.32. The van der Waals surface area contributed by atoms with E-state index < -0.39 is 40.1 Å². The van der Waals surface area contributed by atoms with Gasteiger partial charge in [0.25, 0.3) is 11.8 Å². The zero-order valence-electron chi connectivity index (χ0n) is 19.0. The average molecular weight is 510 g/mol. The van der Waals surface area contributed by atoms with Gasteiger partial charge in [0.1, 0.15) is 11.7 Å². The number of pyridine rings is 1. The van der Waals surface area contributed by atoms with Crippen molar-refractivity contribution >= 4 is 44.7 Å². The van der Waals surface area contributed by atoms with Crippen LogP contribution < -0.4 is 20.8 Å². The van der Waals surface area contributed by atoms with Crippen LogP contribution in [0.15, 0.2) is 30.5 Å². The number of anilines is 4. The molecule has 4 N–H and O–H groups in total. The number of halogens is 2. The Bertz CT molecular complexity index is 1270. The predicted molar refractivity (Wildman–Crippen MR) is 125 cm³/mol. The van der Waals surface area contributed by atoms with E-state index >= 15 is 0 Å². The van der Waals surface area contributed by atoms with Gasteiger partial charge in [0, 0.05) is 18.7 Å². The highest BCUT2D eigenvalue weighted by Gasteiger charge is 2.61. The standard InChI is InChI=1S/C22H25F2N5O5S/c1-3-34-28-20(30)14-11-25-19(27-21(31)15-10-22(15,23)24)9-17(14)26-16-7-6-13(12-4-5-12)8-18(16)29-35(2,32)33/h6-9,11-12,15,29H,3-5,10H2,1-2H3,(H,28,30)(H2,25,26,27,31). The summed E-state index contributed by atoms with van der Waals surface area (Å²) in [5, 5.41) is 5.34. The summed E-state index contributed by atoms with van der Waals surface area (Å²) < 4.78 is 52.9. The first-order valence-corrected chi connectivity index (χ1v) is 12.9. The summed E-state index contributed by atoms with van der Waals surface area (Å²) in [5.74, 6) is -5.70. The Balaban J connectivity index is 1.66. The molecular weight excluding hydrogens is 484 g/mol. The van der Waals surface area contributed by atoms with E-state index in [4.69, 9.17) is 4.84 Å². The Labute approximate surface area is 200 Å². The number of carbonyl (C=O) groups excluding carboxylic acids is 2. The minimum atomic E-state index is -3.62. The second-order valence-electron chi connectivity index (χ2n) is 8.56. The molecule has 2 saturated carbocycles. The summed E-state index contributed by atoms with van der Waals surface area (Å²) in [5.41, 5.74) is 3.99. The van der Waals surface area contributed by atoms with Crippen LogP contribution in [0.25, 0.3) is 0 Å². The first-order chi connectivity index (χ1) is 16.5. The molecule has 0 spiro atoms. The number of alkyl halides is 2. The number of rotatable bonds is 10. The van der Waals surface area contributed by atoms with Gasteiger partial charge >= 0.3 is 0 Å². The van der Waals surface area contributed by atoms with E-state index in [1.165, 1.54) is 6.07 Å². The molecular formula is C22H25F2N5O5S. The van der Waals surface area contributed by atoms with Gasteiger partial charge in [-0.2, -0.15) is 0 Å². The van der Waals surface area contributed by atoms with E-state index in [1.807, 2.05) is 6.07 Å². The van der Waals surface area contributed by atoms with Crippen molar-refractivity contribution in [1.29, 1.82) is 0 Å². The molecule has 1 aromatic carbocycles. The molecule has 2 aromatic rings. The second-order valence-corrected chi connectivity index (χ2v) is 10.3. The zero-order chi connectivity index (χ0) is 25.4. The van der Waals surface area contributed by atoms with Gasteiger partial charge in [-0.1, -0.05) is 6.07 Å². The number of nitrogens with one attached hydrogen (secondary N) is 4. The SMILES string of the molecule is CCONC(=O)c1cnc(NC(=O)C2CC2(F)F)cc1Nc1ccc(C2CC2)cc1NS(C)(=O)=O. The molecule has 0 bridgehead atoms. The van der Waals surface area contributed by atoms with Crippen molar-refractivity contribution in [3.05, 3.63) is 41.6 Å². The van der Waals surface area contributed by atoms with Crippen molar-refractivity contribution in [3.63, 3.8) is 0 Å². The van der Waals surface area contributed by atoms with Crippen LogP contribution in [0.2, 0.25) is 0 Å². The van der Waals surface area contributed by atoms with E-state index in [-0.39, 0.29) is 29.4 Å². The van der Waals surface area contributed by atoms with Crippen LogP contribution in [0, 0.1) is 5.92 Å². The quantitative estimate of drug-likeness (QED) is 0.360. The number of nitrogens with zero attached hydrogens (tertiary/aromatic N) is 1. The molecule has 2 aliphatic rings. The normalized spacial score (nSPS) is 18.5. The van der Waals surface area contributed by atoms with E-state index in [2.05, 4.69) is 25.8 Å². The molecule has 1 unspecified atom stereocenters. The number of sulfonamides is 1. The smallest absolute Gasteiger partial charge is 0.278 e. The van der Waals surface area contributed by atoms with E-state index in [0.717, 1.165) is 30.9 Å². The van der Waals surface area contributed by atoms with Crippen LogP contribution in [0.5, 0.6) is 0 Å². The van der Waals surface area contributed by atoms with E-state index in [1.54, 1.807) is 19.1 Å². The molecule has 2 aliphatic carbocycles. The van der Waals surface area contributed by atoms with Crippen LogP contribution in [0.1, 0.15) is 48.0 Å². The Kier molecular flexibility index (Phi) is 6.64. The monoisotopic (exact) mass is 509 g/mol. The predicted octanol–water partition coefficient (Wildman–Crippen LogP) is 3.35. The summed E-state index contributed by atoms with van der Waals surface area (Å²) in [6, 6.07) is 6.56. The average Bonchev–Trinajstić information content (AvgIpc) is 3.69. The number of hydrogen-bond donors (Lipinski definition) is 4. The van der Waals surface area contributed by atoms with Crippen LogP contribution in [-0.2, 0) is 19.7 Å². The van der Waals surface area contributed by atoms with Crippen LogP contribution >= 0.6 is 0 Å². The second kappa shape index (κ2) is 9.38. The summed E-state index contributed by atoms with van der Waals surface area (Å²) in [6.45, 7) is 1.88. The largest absolute Gasteiger partial charge is 0.353 e. The van der Waals surface area contributed by atoms with Crippen molar-refractivity contribution in [2.24, 2.45) is 5.92 Å². The number of benzene rings is 1. The molecule has 188 valence electrons. The van der Waals surface area contributed by atoms with Gasteiger partial charge in [-0.15, -0.1) is 0 Å². The lowest BCUT2D eigenvalue weighted by Gasteiger charge is -2.17. The van der Waals surface area contributed by atoms with Crippen molar-refractivity contribution in [2.45, 2.75) is 38.0 Å². The fourth-order valence-corrected chi connectivity index (χ4v) is 4.05. The molecule has 2 amide bonds. The third-order valence-electron chi connectivity index (χ3n) is 5.51. The van der Waals surface area contributed by atoms with E-state index in [9.17, 15) is 26.8 Å². The van der Waals surface area contributed by atoms with Crippen molar-refractivity contribution in [1.82, 2.24) is 10.5 Å². The van der Waals surface area contributed by atoms with Gasteiger partial charge in [-0.05, 0) is 43.4 Å². The highest BCUT2D eigenvalue weighted by molar-refractivity contribution is 7.92. The molecule has 13 heteroatoms. The van der Waals surface area contributed by atoms with Crippen molar-refractivity contribution in [2.75, 3.05) is 28.2 Å². The molecule has 2 fully saturated rings. The Morgan fingerprint density at radius 2 is 1.89 bits per heavy atom. The molecule has 0 radical (unpaired) electrons. The van der Waals surface area contributed by atoms with Crippen LogP contribution in [-0.4, -0.2) is 44.0 Å². The minimum Gasteiger partial charge on any atom is -0.353 e. The lowest BCUT2D eigenvalue weighted by atomic mass is 10.1. The lowest BCUT2D eigenvalue weighted by molar-refractivity contribution is -0.119. The molecule has 10 nitrogen and oxygen atoms in total. The topological polar surface area (TPSA) is 139 Å². The maximum atomic E-state index is 13.3. The number of hydrogen-bond acceptors (Lipinski definition) is 7. The molecule has 1 aromatic heterocycles. The molecule has 4 rings (SSSR count). The van der Waals surface area contributed by atoms with Gasteiger partial charge in [0.2, 0.25) is 15.9 Å². The number of aromatic nitrogens is 1. The van der Waals surface area contributed by atoms with Gasteiger partial charge in [-0.3, -0.25) is 19.1 Å².